The van der Waals surface area contributed by atoms with E-state index in [1.807, 2.05) is 0 Å². The average Bonchev–Trinajstić information content (AvgIpc) is 2.90. The van der Waals surface area contributed by atoms with E-state index in [9.17, 15) is 0 Å². The van der Waals surface area contributed by atoms with Crippen molar-refractivity contribution < 1.29 is 0 Å². The summed E-state index contributed by atoms with van der Waals surface area (Å²) in [6.07, 6.45) is 7.25. The van der Waals surface area contributed by atoms with Gasteiger partial charge in [0.05, 0.1) is 0 Å². The Kier molecular flexibility index (Phi) is 2.28. The zero-order chi connectivity index (χ0) is 11.3. The highest BCUT2D eigenvalue weighted by molar-refractivity contribution is 7.71. The summed E-state index contributed by atoms with van der Waals surface area (Å²) in [5.41, 5.74) is 0. The lowest BCUT2D eigenvalue weighted by atomic mass is 10.0. The summed E-state index contributed by atoms with van der Waals surface area (Å²) in [5, 5.41) is 7.31. The molecular formula is C12H17N3S. The van der Waals surface area contributed by atoms with E-state index in [1.165, 1.54) is 12.8 Å². The van der Waals surface area contributed by atoms with Gasteiger partial charge in [0.2, 0.25) is 0 Å². The second kappa shape index (κ2) is 3.55. The molecular weight excluding hydrogens is 218 g/mol. The molecule has 86 valence electrons. The third kappa shape index (κ3) is 1.39. The Hall–Kier alpha value is -0.900. The van der Waals surface area contributed by atoms with Crippen molar-refractivity contribution in [1.82, 2.24) is 14.8 Å². The lowest BCUT2D eigenvalue weighted by Crippen LogP contribution is -2.17. The van der Waals surface area contributed by atoms with Gasteiger partial charge in [0.15, 0.2) is 4.77 Å². The molecule has 3 atom stereocenters. The van der Waals surface area contributed by atoms with Crippen LogP contribution in [0.15, 0.2) is 12.2 Å². The van der Waals surface area contributed by atoms with Gasteiger partial charge in [0, 0.05) is 12.0 Å². The molecule has 1 heterocycles. The van der Waals surface area contributed by atoms with Crippen molar-refractivity contribution >= 4 is 12.2 Å². The monoisotopic (exact) mass is 235 g/mol. The highest BCUT2D eigenvalue weighted by Gasteiger charge is 2.38. The highest BCUT2D eigenvalue weighted by atomic mass is 32.1. The summed E-state index contributed by atoms with van der Waals surface area (Å²) in [6, 6.07) is 0.540. The van der Waals surface area contributed by atoms with Crippen LogP contribution in [0.2, 0.25) is 0 Å². The molecule has 4 heteroatoms. The molecule has 2 bridgehead atoms. The van der Waals surface area contributed by atoms with Crippen molar-refractivity contribution in [2.24, 2.45) is 11.8 Å². The Morgan fingerprint density at radius 2 is 2.25 bits per heavy atom. The molecule has 0 spiro atoms. The number of hydrogen-bond acceptors (Lipinski definition) is 2. The van der Waals surface area contributed by atoms with Gasteiger partial charge in [-0.1, -0.05) is 26.0 Å². The predicted octanol–water partition coefficient (Wildman–Crippen LogP) is 3.20. The molecule has 2 aliphatic carbocycles. The Morgan fingerprint density at radius 3 is 2.81 bits per heavy atom. The number of fused-ring (bicyclic) bond motifs is 2. The summed E-state index contributed by atoms with van der Waals surface area (Å²) in [6.45, 7) is 4.34. The van der Waals surface area contributed by atoms with Gasteiger partial charge >= 0.3 is 0 Å². The number of H-pyrrole nitrogens is 1. The fraction of sp³-hybridized carbons (Fsp3) is 0.667. The fourth-order valence-electron chi connectivity index (χ4n) is 3.09. The van der Waals surface area contributed by atoms with Gasteiger partial charge in [-0.15, -0.1) is 0 Å². The van der Waals surface area contributed by atoms with Gasteiger partial charge in [0.1, 0.15) is 5.82 Å². The lowest BCUT2D eigenvalue weighted by Gasteiger charge is -2.22. The van der Waals surface area contributed by atoms with Crippen LogP contribution >= 0.6 is 12.2 Å². The maximum absolute atomic E-state index is 5.37. The van der Waals surface area contributed by atoms with Crippen LogP contribution < -0.4 is 0 Å². The number of nitrogens with one attached hydrogen (secondary N) is 1. The Morgan fingerprint density at radius 1 is 1.44 bits per heavy atom. The topological polar surface area (TPSA) is 33.6 Å². The molecule has 1 saturated carbocycles. The van der Waals surface area contributed by atoms with Crippen molar-refractivity contribution in [1.29, 1.82) is 0 Å². The van der Waals surface area contributed by atoms with Crippen LogP contribution in [0.1, 0.15) is 44.5 Å². The summed E-state index contributed by atoms with van der Waals surface area (Å²) in [4.78, 5) is 0. The Bertz CT molecular complexity index is 483. The predicted molar refractivity (Wildman–Crippen MR) is 65.9 cm³/mol. The summed E-state index contributed by atoms with van der Waals surface area (Å²) in [7, 11) is 0. The second-order valence-corrected chi connectivity index (χ2v) is 5.65. The van der Waals surface area contributed by atoms with E-state index in [1.54, 1.807) is 0 Å². The molecule has 0 aliphatic heterocycles. The van der Waals surface area contributed by atoms with Gasteiger partial charge in [-0.3, -0.25) is 5.10 Å². The van der Waals surface area contributed by atoms with Crippen LogP contribution in [0, 0.1) is 16.6 Å². The van der Waals surface area contributed by atoms with Gasteiger partial charge in [-0.05, 0) is 36.9 Å². The molecule has 0 unspecified atom stereocenters. The highest BCUT2D eigenvalue weighted by Crippen LogP contribution is 2.46. The first kappa shape index (κ1) is 10.3. The van der Waals surface area contributed by atoms with Crippen molar-refractivity contribution in [2.45, 2.75) is 38.6 Å². The zero-order valence-electron chi connectivity index (χ0n) is 9.68. The van der Waals surface area contributed by atoms with Crippen molar-refractivity contribution in [3.05, 3.63) is 22.7 Å². The van der Waals surface area contributed by atoms with Crippen LogP contribution in [0.4, 0.5) is 0 Å². The summed E-state index contributed by atoms with van der Waals surface area (Å²) >= 11 is 5.37. The molecule has 0 aromatic carbocycles. The maximum atomic E-state index is 5.37. The van der Waals surface area contributed by atoms with Gasteiger partial charge in [-0.2, -0.15) is 5.10 Å². The summed E-state index contributed by atoms with van der Waals surface area (Å²) in [5.74, 6) is 2.98. The first-order valence-electron chi connectivity index (χ1n) is 6.02. The van der Waals surface area contributed by atoms with Crippen molar-refractivity contribution in [3.8, 4) is 0 Å². The minimum absolute atomic E-state index is 0.427. The molecule has 0 saturated heterocycles. The van der Waals surface area contributed by atoms with E-state index in [-0.39, 0.29) is 0 Å². The first-order valence-corrected chi connectivity index (χ1v) is 6.42. The van der Waals surface area contributed by atoms with Crippen molar-refractivity contribution in [3.63, 3.8) is 0 Å². The van der Waals surface area contributed by atoms with Crippen LogP contribution in [-0.4, -0.2) is 14.8 Å². The minimum atomic E-state index is 0.427. The Labute approximate surface area is 101 Å². The molecule has 2 aliphatic rings. The van der Waals surface area contributed by atoms with Crippen LogP contribution in [0.25, 0.3) is 0 Å². The van der Waals surface area contributed by atoms with E-state index in [2.05, 4.69) is 40.8 Å². The van der Waals surface area contributed by atoms with E-state index < -0.39 is 0 Å². The number of aromatic nitrogens is 3. The minimum Gasteiger partial charge on any atom is -0.300 e. The molecule has 3 rings (SSSR count). The van der Waals surface area contributed by atoms with Crippen LogP contribution in [-0.2, 0) is 0 Å². The third-order valence-electron chi connectivity index (χ3n) is 3.82. The first-order chi connectivity index (χ1) is 7.66. The molecule has 1 fully saturated rings. The number of hydrogen-bond donors (Lipinski definition) is 1. The molecule has 1 aromatic heterocycles. The number of aromatic amines is 1. The van der Waals surface area contributed by atoms with Gasteiger partial charge in [-0.25, -0.2) is 0 Å². The third-order valence-corrected chi connectivity index (χ3v) is 4.11. The standard InChI is InChI=1S/C12H17N3S/c1-7(2)11-13-14-12(16)15(11)10-6-8-3-4-9(10)5-8/h3-4,7-10H,5-6H2,1-2H3,(H,14,16)/t8-,9+,10+/m0/s1. The average molecular weight is 235 g/mol. The number of rotatable bonds is 2. The maximum Gasteiger partial charge on any atom is 0.195 e. The molecule has 16 heavy (non-hydrogen) atoms. The molecule has 0 radical (unpaired) electrons. The smallest absolute Gasteiger partial charge is 0.195 e. The number of nitrogens with zero attached hydrogens (tertiary/aromatic N) is 2. The fourth-order valence-corrected chi connectivity index (χ4v) is 3.37. The largest absolute Gasteiger partial charge is 0.300 e. The second-order valence-electron chi connectivity index (χ2n) is 5.26. The molecule has 1 aromatic rings. The van der Waals surface area contributed by atoms with Crippen LogP contribution in [0.3, 0.4) is 0 Å². The normalized spacial score (nSPS) is 31.8. The van der Waals surface area contributed by atoms with Gasteiger partial charge < -0.3 is 4.57 Å². The van der Waals surface area contributed by atoms with E-state index in [0.29, 0.717) is 17.9 Å². The summed E-state index contributed by atoms with van der Waals surface area (Å²) < 4.78 is 3.04. The zero-order valence-corrected chi connectivity index (χ0v) is 10.5. The lowest BCUT2D eigenvalue weighted by molar-refractivity contribution is 0.409. The Balaban J connectivity index is 2.03. The quantitative estimate of drug-likeness (QED) is 0.631. The van der Waals surface area contributed by atoms with E-state index >= 15 is 0 Å². The van der Waals surface area contributed by atoms with Crippen molar-refractivity contribution in [2.75, 3.05) is 0 Å². The van der Waals surface area contributed by atoms with Gasteiger partial charge in [0.25, 0.3) is 0 Å². The molecule has 1 N–H and O–H groups in total. The molecule has 3 nitrogen and oxygen atoms in total. The SMILES string of the molecule is CC(C)c1n[nH]c(=S)n1[C@@H]1C[C@H]2C=C[C@@H]1C2. The number of allylic oxidation sites excluding steroid dienone is 2. The molecule has 0 amide bonds. The van der Waals surface area contributed by atoms with E-state index in [4.69, 9.17) is 12.2 Å². The van der Waals surface area contributed by atoms with Crippen LogP contribution in [0.5, 0.6) is 0 Å². The van der Waals surface area contributed by atoms with E-state index in [0.717, 1.165) is 16.5 Å².